The lowest BCUT2D eigenvalue weighted by atomic mass is 10.3. The van der Waals surface area contributed by atoms with E-state index in [-0.39, 0.29) is 18.2 Å². The number of ether oxygens (including phenoxy) is 1. The Morgan fingerprint density at radius 1 is 1.33 bits per heavy atom. The van der Waals surface area contributed by atoms with Gasteiger partial charge in [-0.2, -0.15) is 0 Å². The number of carbonyl (C=O) groups is 2. The van der Waals surface area contributed by atoms with Gasteiger partial charge in [-0.15, -0.1) is 0 Å². The first-order valence-electron chi connectivity index (χ1n) is 7.85. The number of pyridine rings is 1. The number of hydrogen-bond acceptors (Lipinski definition) is 5. The Kier molecular flexibility index (Phi) is 5.37. The molecule has 2 amide bonds. The molecule has 2 aromatic rings. The molecule has 1 aliphatic heterocycles. The van der Waals surface area contributed by atoms with Gasteiger partial charge in [0.05, 0.1) is 18.7 Å². The minimum absolute atomic E-state index is 0.0399. The number of rotatable bonds is 5. The van der Waals surface area contributed by atoms with Crippen LogP contribution < -0.4 is 5.32 Å². The molecule has 1 N–H and O–H groups in total. The lowest BCUT2D eigenvalue weighted by Crippen LogP contribution is -2.42. The fourth-order valence-electron chi connectivity index (χ4n) is 2.66. The van der Waals surface area contributed by atoms with Gasteiger partial charge in [0.25, 0.3) is 5.91 Å². The van der Waals surface area contributed by atoms with E-state index in [1.54, 1.807) is 4.90 Å². The Hall–Kier alpha value is -2.06. The highest BCUT2D eigenvalue weighted by atomic mass is 32.2. The molecule has 2 aromatic heterocycles. The molecule has 128 valence electrons. The normalized spacial score (nSPS) is 14.8. The molecule has 0 unspecified atom stereocenters. The molecule has 24 heavy (non-hydrogen) atoms. The van der Waals surface area contributed by atoms with Crippen LogP contribution in [0.3, 0.4) is 0 Å². The molecule has 0 radical (unpaired) electrons. The monoisotopic (exact) mass is 348 g/mol. The number of amides is 2. The van der Waals surface area contributed by atoms with Crippen molar-refractivity contribution >= 4 is 29.1 Å². The van der Waals surface area contributed by atoms with Gasteiger partial charge in [-0.3, -0.25) is 14.0 Å². The number of morpholine rings is 1. The van der Waals surface area contributed by atoms with Crippen LogP contribution in [0.25, 0.3) is 5.52 Å². The molecule has 0 aromatic carbocycles. The van der Waals surface area contributed by atoms with Crippen LogP contribution in [-0.4, -0.2) is 65.2 Å². The van der Waals surface area contributed by atoms with E-state index in [9.17, 15) is 9.59 Å². The molecular weight excluding hydrogens is 328 g/mol. The van der Waals surface area contributed by atoms with E-state index in [1.165, 1.54) is 11.8 Å². The molecule has 1 aliphatic rings. The van der Waals surface area contributed by atoms with Crippen molar-refractivity contribution < 1.29 is 14.3 Å². The fraction of sp³-hybridized carbons (Fsp3) is 0.438. The van der Waals surface area contributed by atoms with Crippen molar-refractivity contribution in [3.63, 3.8) is 0 Å². The summed E-state index contributed by atoms with van der Waals surface area (Å²) in [5.74, 6) is -0.216. The van der Waals surface area contributed by atoms with Crippen molar-refractivity contribution in [1.82, 2.24) is 19.6 Å². The maximum Gasteiger partial charge on any atom is 0.272 e. The summed E-state index contributed by atoms with van der Waals surface area (Å²) in [4.78, 5) is 30.6. The Bertz CT molecular complexity index is 740. The van der Waals surface area contributed by atoms with E-state index < -0.39 is 0 Å². The third-order valence-corrected chi connectivity index (χ3v) is 4.56. The van der Waals surface area contributed by atoms with E-state index in [2.05, 4.69) is 10.3 Å². The van der Waals surface area contributed by atoms with Crippen LogP contribution in [0.15, 0.2) is 29.6 Å². The molecule has 3 rings (SSSR count). The van der Waals surface area contributed by atoms with E-state index in [0.717, 1.165) is 10.7 Å². The Balaban J connectivity index is 1.60. The van der Waals surface area contributed by atoms with Gasteiger partial charge in [-0.25, -0.2) is 4.98 Å². The number of hydrogen-bond donors (Lipinski definition) is 1. The summed E-state index contributed by atoms with van der Waals surface area (Å²) in [6, 6.07) is 5.64. The Labute approximate surface area is 144 Å². The first-order valence-corrected chi connectivity index (χ1v) is 9.08. The molecule has 3 heterocycles. The van der Waals surface area contributed by atoms with Crippen LogP contribution in [0, 0.1) is 0 Å². The lowest BCUT2D eigenvalue weighted by Gasteiger charge is -2.26. The zero-order chi connectivity index (χ0) is 16.9. The van der Waals surface area contributed by atoms with Crippen molar-refractivity contribution in [3.05, 3.63) is 30.1 Å². The highest BCUT2D eigenvalue weighted by molar-refractivity contribution is 7.98. The second-order valence-electron chi connectivity index (χ2n) is 5.40. The van der Waals surface area contributed by atoms with Crippen molar-refractivity contribution in [1.29, 1.82) is 0 Å². The maximum absolute atomic E-state index is 12.4. The number of carbonyl (C=O) groups excluding carboxylic acids is 2. The van der Waals surface area contributed by atoms with E-state index >= 15 is 0 Å². The van der Waals surface area contributed by atoms with Crippen LogP contribution in [0.2, 0.25) is 0 Å². The van der Waals surface area contributed by atoms with E-state index in [0.29, 0.717) is 38.5 Å². The number of nitrogens with one attached hydrogen (secondary N) is 1. The standard InChI is InChI=1S/C16H20N4O3S/c1-24-16-18-14(12-4-2-3-7-20(12)16)15(22)17-6-5-13(21)19-8-10-23-11-9-19/h2-4,7H,5-6,8-11H2,1H3,(H,17,22). The summed E-state index contributed by atoms with van der Waals surface area (Å²) in [5, 5.41) is 3.56. The van der Waals surface area contributed by atoms with Crippen molar-refractivity contribution in [3.8, 4) is 0 Å². The minimum atomic E-state index is -0.256. The summed E-state index contributed by atoms with van der Waals surface area (Å²) < 4.78 is 7.12. The van der Waals surface area contributed by atoms with E-state index in [4.69, 9.17) is 4.74 Å². The zero-order valence-electron chi connectivity index (χ0n) is 13.5. The summed E-state index contributed by atoms with van der Waals surface area (Å²) in [6.45, 7) is 2.70. The maximum atomic E-state index is 12.4. The van der Waals surface area contributed by atoms with Crippen molar-refractivity contribution in [2.45, 2.75) is 11.6 Å². The Morgan fingerprint density at radius 2 is 2.12 bits per heavy atom. The van der Waals surface area contributed by atoms with Crippen LogP contribution in [0.4, 0.5) is 0 Å². The number of nitrogens with zero attached hydrogens (tertiary/aromatic N) is 3. The smallest absolute Gasteiger partial charge is 0.272 e. The van der Waals surface area contributed by atoms with Gasteiger partial charge in [0.2, 0.25) is 5.91 Å². The topological polar surface area (TPSA) is 75.9 Å². The number of aromatic nitrogens is 2. The number of imidazole rings is 1. The summed E-state index contributed by atoms with van der Waals surface area (Å²) in [5.41, 5.74) is 1.15. The predicted octanol–water partition coefficient (Wildman–Crippen LogP) is 1.03. The predicted molar refractivity (Wildman–Crippen MR) is 91.3 cm³/mol. The van der Waals surface area contributed by atoms with Gasteiger partial charge < -0.3 is 15.0 Å². The third kappa shape index (κ3) is 3.54. The van der Waals surface area contributed by atoms with Gasteiger partial charge in [0.1, 0.15) is 0 Å². The summed E-state index contributed by atoms with van der Waals surface area (Å²) in [6.07, 6.45) is 4.09. The zero-order valence-corrected chi connectivity index (χ0v) is 14.3. The Morgan fingerprint density at radius 3 is 2.88 bits per heavy atom. The lowest BCUT2D eigenvalue weighted by molar-refractivity contribution is -0.135. The van der Waals surface area contributed by atoms with Crippen LogP contribution in [0.5, 0.6) is 0 Å². The van der Waals surface area contributed by atoms with Gasteiger partial charge >= 0.3 is 0 Å². The van der Waals surface area contributed by atoms with Crippen LogP contribution in [0.1, 0.15) is 16.9 Å². The van der Waals surface area contributed by atoms with Gasteiger partial charge in [-0.1, -0.05) is 17.8 Å². The summed E-state index contributed by atoms with van der Waals surface area (Å²) in [7, 11) is 0. The molecule has 0 saturated carbocycles. The minimum Gasteiger partial charge on any atom is -0.378 e. The molecule has 8 heteroatoms. The van der Waals surface area contributed by atoms with Crippen LogP contribution >= 0.6 is 11.8 Å². The summed E-state index contributed by atoms with van der Waals surface area (Å²) >= 11 is 1.48. The molecule has 1 saturated heterocycles. The largest absolute Gasteiger partial charge is 0.378 e. The quantitative estimate of drug-likeness (QED) is 0.817. The molecule has 0 aliphatic carbocycles. The van der Waals surface area contributed by atoms with Crippen molar-refractivity contribution in [2.75, 3.05) is 39.1 Å². The SMILES string of the molecule is CSc1nc(C(=O)NCCC(=O)N2CCOCC2)c2ccccn12. The highest BCUT2D eigenvalue weighted by Crippen LogP contribution is 2.19. The van der Waals surface area contributed by atoms with Gasteiger partial charge in [0, 0.05) is 32.3 Å². The average Bonchev–Trinajstić information content (AvgIpc) is 3.01. The molecule has 7 nitrogen and oxygen atoms in total. The average molecular weight is 348 g/mol. The van der Waals surface area contributed by atoms with Crippen molar-refractivity contribution in [2.24, 2.45) is 0 Å². The molecule has 0 bridgehead atoms. The number of thioether (sulfide) groups is 1. The second-order valence-corrected chi connectivity index (χ2v) is 6.18. The third-order valence-electron chi connectivity index (χ3n) is 3.90. The first kappa shape index (κ1) is 16.8. The van der Waals surface area contributed by atoms with Gasteiger partial charge in [0.15, 0.2) is 10.9 Å². The molecule has 0 atom stereocenters. The first-order chi connectivity index (χ1) is 11.7. The van der Waals surface area contributed by atoms with E-state index in [1.807, 2.05) is 35.1 Å². The molecule has 1 fully saturated rings. The number of fused-ring (bicyclic) bond motifs is 1. The fourth-order valence-corrected chi connectivity index (χ4v) is 3.20. The second kappa shape index (κ2) is 7.67. The van der Waals surface area contributed by atoms with Crippen LogP contribution in [-0.2, 0) is 9.53 Å². The van der Waals surface area contributed by atoms with Gasteiger partial charge in [-0.05, 0) is 18.4 Å². The molecule has 0 spiro atoms. The molecular formula is C16H20N4O3S. The highest BCUT2D eigenvalue weighted by Gasteiger charge is 2.19.